The largest absolute Gasteiger partial charge is 0.480 e. The number of rotatable bonds is 8. The molecule has 1 fully saturated rings. The van der Waals surface area contributed by atoms with Crippen LogP contribution in [0, 0.1) is 19.8 Å². The second-order valence-corrected chi connectivity index (χ2v) is 11.2. The summed E-state index contributed by atoms with van der Waals surface area (Å²) >= 11 is 1.63. The Hall–Kier alpha value is -2.80. The Morgan fingerprint density at radius 3 is 2.11 bits per heavy atom. The highest BCUT2D eigenvalue weighted by molar-refractivity contribution is 7.98. The van der Waals surface area contributed by atoms with Crippen LogP contribution in [0.3, 0.4) is 0 Å². The topological polar surface area (TPSA) is 72.9 Å². The average molecular weight is 512 g/mol. The van der Waals surface area contributed by atoms with Gasteiger partial charge in [0.1, 0.15) is 5.75 Å². The molecule has 6 nitrogen and oxygen atoms in total. The van der Waals surface area contributed by atoms with Gasteiger partial charge in [-0.2, -0.15) is 0 Å². The number of nitrogens with zero attached hydrogens (tertiary/aromatic N) is 1. The second-order valence-electron chi connectivity index (χ2n) is 10.3. The molecular weight excluding hydrogens is 474 g/mol. The number of ketones is 2. The van der Waals surface area contributed by atoms with E-state index in [-0.39, 0.29) is 23.6 Å². The molecule has 1 saturated heterocycles. The zero-order valence-electron chi connectivity index (χ0n) is 22.5. The van der Waals surface area contributed by atoms with Gasteiger partial charge in [0.05, 0.1) is 6.10 Å². The van der Waals surface area contributed by atoms with Crippen molar-refractivity contribution in [2.45, 2.75) is 71.0 Å². The van der Waals surface area contributed by atoms with E-state index >= 15 is 0 Å². The smallest absolute Gasteiger partial charge is 0.410 e. The third kappa shape index (κ3) is 6.12. The zero-order valence-corrected chi connectivity index (χ0v) is 23.3. The fourth-order valence-corrected chi connectivity index (χ4v) is 4.90. The van der Waals surface area contributed by atoms with Crippen LogP contribution < -0.4 is 4.74 Å². The number of carbonyl (C=O) groups excluding carboxylic acids is 3. The number of carbonyl (C=O) groups is 3. The third-order valence-corrected chi connectivity index (χ3v) is 7.49. The van der Waals surface area contributed by atoms with E-state index in [4.69, 9.17) is 9.47 Å². The summed E-state index contributed by atoms with van der Waals surface area (Å²) in [7, 11) is 0. The maximum Gasteiger partial charge on any atom is 0.410 e. The van der Waals surface area contributed by atoms with Crippen molar-refractivity contribution >= 4 is 29.4 Å². The first-order valence-corrected chi connectivity index (χ1v) is 13.5. The Morgan fingerprint density at radius 2 is 1.61 bits per heavy atom. The lowest BCUT2D eigenvalue weighted by Gasteiger charge is -2.27. The fraction of sp³-hybridized carbons (Fsp3) is 0.483. The Labute approximate surface area is 218 Å². The summed E-state index contributed by atoms with van der Waals surface area (Å²) in [6, 6.07) is 11.6. The number of ether oxygens (including phenoxy) is 2. The van der Waals surface area contributed by atoms with Gasteiger partial charge in [-0.1, -0.05) is 24.3 Å². The van der Waals surface area contributed by atoms with E-state index in [1.165, 1.54) is 6.92 Å². The third-order valence-electron chi connectivity index (χ3n) is 6.74. The Bertz CT molecular complexity index is 1120. The van der Waals surface area contributed by atoms with E-state index in [9.17, 15) is 14.4 Å². The lowest BCUT2D eigenvalue weighted by atomic mass is 9.82. The number of Topliss-reactive ketones (excluding diaryl/α,β-unsaturated/α-hetero) is 2. The van der Waals surface area contributed by atoms with Gasteiger partial charge >= 0.3 is 6.09 Å². The van der Waals surface area contributed by atoms with E-state index in [0.717, 1.165) is 21.6 Å². The number of aryl methyl sites for hydroxylation is 2. The molecular formula is C29H37NO5S. The van der Waals surface area contributed by atoms with Crippen LogP contribution in [0.5, 0.6) is 5.75 Å². The molecule has 0 N–H and O–H groups in total. The maximum absolute atomic E-state index is 13.7. The van der Waals surface area contributed by atoms with E-state index in [2.05, 4.69) is 0 Å². The molecule has 2 atom stereocenters. The minimum Gasteiger partial charge on any atom is -0.480 e. The predicted molar refractivity (Wildman–Crippen MR) is 143 cm³/mol. The molecule has 7 heteroatoms. The Morgan fingerprint density at radius 1 is 1.03 bits per heavy atom. The van der Waals surface area contributed by atoms with Crippen LogP contribution >= 0.6 is 11.8 Å². The summed E-state index contributed by atoms with van der Waals surface area (Å²) in [5, 5.41) is 0. The summed E-state index contributed by atoms with van der Waals surface area (Å²) in [4.78, 5) is 41.2. The van der Waals surface area contributed by atoms with Crippen LogP contribution in [0.1, 0.15) is 67.6 Å². The van der Waals surface area contributed by atoms with Gasteiger partial charge in [0, 0.05) is 35.4 Å². The SMILES string of the molecule is CSc1ccc(C(=O)C2CN(C(=O)OC(C)C)CC2c2cc(C)c(OC(C)(C)C(C)=O)c(C)c2)cc1. The quantitative estimate of drug-likeness (QED) is 0.310. The van der Waals surface area contributed by atoms with Crippen LogP contribution in [0.4, 0.5) is 4.79 Å². The number of hydrogen-bond acceptors (Lipinski definition) is 6. The zero-order chi connectivity index (χ0) is 26.8. The lowest BCUT2D eigenvalue weighted by molar-refractivity contribution is -0.129. The summed E-state index contributed by atoms with van der Waals surface area (Å²) in [5.41, 5.74) is 2.44. The normalized spacial score (nSPS) is 17.9. The number of hydrogen-bond donors (Lipinski definition) is 0. The van der Waals surface area contributed by atoms with Gasteiger partial charge in [-0.25, -0.2) is 4.79 Å². The van der Waals surface area contributed by atoms with Gasteiger partial charge in [0.15, 0.2) is 17.2 Å². The first-order chi connectivity index (χ1) is 16.8. The van der Waals surface area contributed by atoms with Crippen molar-refractivity contribution in [2.24, 2.45) is 5.92 Å². The molecule has 0 bridgehead atoms. The van der Waals surface area contributed by atoms with Crippen molar-refractivity contribution in [1.82, 2.24) is 4.90 Å². The van der Waals surface area contributed by atoms with Crippen LogP contribution in [-0.2, 0) is 9.53 Å². The number of likely N-dealkylation sites (tertiary alicyclic amines) is 1. The molecule has 1 aliphatic rings. The highest BCUT2D eigenvalue weighted by Gasteiger charge is 2.42. The molecule has 3 rings (SSSR count). The highest BCUT2D eigenvalue weighted by atomic mass is 32.2. The van der Waals surface area contributed by atoms with Gasteiger partial charge in [-0.15, -0.1) is 11.8 Å². The van der Waals surface area contributed by atoms with Gasteiger partial charge in [-0.3, -0.25) is 9.59 Å². The molecule has 1 amide bonds. The first kappa shape index (κ1) is 27.8. The number of amides is 1. The summed E-state index contributed by atoms with van der Waals surface area (Å²) in [6.07, 6.45) is 1.35. The minimum atomic E-state index is -0.941. The van der Waals surface area contributed by atoms with Crippen molar-refractivity contribution in [3.05, 3.63) is 58.7 Å². The van der Waals surface area contributed by atoms with E-state index in [1.54, 1.807) is 30.5 Å². The van der Waals surface area contributed by atoms with Crippen LogP contribution in [0.25, 0.3) is 0 Å². The van der Waals surface area contributed by atoms with Crippen molar-refractivity contribution in [2.75, 3.05) is 19.3 Å². The van der Waals surface area contributed by atoms with E-state index in [1.807, 2.05) is 70.3 Å². The average Bonchev–Trinajstić information content (AvgIpc) is 3.26. The van der Waals surface area contributed by atoms with Crippen molar-refractivity contribution < 1.29 is 23.9 Å². The molecule has 2 aromatic carbocycles. The molecule has 1 aliphatic heterocycles. The molecule has 2 unspecified atom stereocenters. The van der Waals surface area contributed by atoms with Crippen LogP contribution in [0.15, 0.2) is 41.3 Å². The second kappa shape index (κ2) is 11.1. The maximum atomic E-state index is 13.7. The Kier molecular flexibility index (Phi) is 8.55. The molecule has 194 valence electrons. The molecule has 0 aliphatic carbocycles. The van der Waals surface area contributed by atoms with Crippen molar-refractivity contribution in [3.63, 3.8) is 0 Å². The molecule has 2 aromatic rings. The number of benzene rings is 2. The van der Waals surface area contributed by atoms with Gasteiger partial charge in [0.2, 0.25) is 0 Å². The minimum absolute atomic E-state index is 0.0147. The summed E-state index contributed by atoms with van der Waals surface area (Å²) < 4.78 is 11.6. The predicted octanol–water partition coefficient (Wildman–Crippen LogP) is 6.22. The fourth-order valence-electron chi connectivity index (χ4n) is 4.49. The highest BCUT2D eigenvalue weighted by Crippen LogP contribution is 2.39. The van der Waals surface area contributed by atoms with Gasteiger partial charge in [0.25, 0.3) is 0 Å². The number of thioether (sulfide) groups is 1. The molecule has 36 heavy (non-hydrogen) atoms. The molecule has 0 spiro atoms. The van der Waals surface area contributed by atoms with E-state index in [0.29, 0.717) is 24.4 Å². The van der Waals surface area contributed by atoms with Crippen molar-refractivity contribution in [3.8, 4) is 5.75 Å². The first-order valence-electron chi connectivity index (χ1n) is 12.3. The molecule has 0 aromatic heterocycles. The Balaban J connectivity index is 1.98. The van der Waals surface area contributed by atoms with Crippen LogP contribution in [0.2, 0.25) is 0 Å². The van der Waals surface area contributed by atoms with Crippen molar-refractivity contribution in [1.29, 1.82) is 0 Å². The standard InChI is InChI=1S/C29H37NO5S/c1-17(2)34-28(33)30-15-24(25(16-30)26(32)21-9-11-23(36-8)12-10-21)22-13-18(3)27(19(4)14-22)35-29(6,7)20(5)31/h9-14,17,24-25H,15-16H2,1-8H3. The monoisotopic (exact) mass is 511 g/mol. The molecule has 1 heterocycles. The molecule has 0 radical (unpaired) electrons. The van der Waals surface area contributed by atoms with Gasteiger partial charge in [-0.05, 0) is 83.5 Å². The lowest BCUT2D eigenvalue weighted by Crippen LogP contribution is -2.36. The van der Waals surface area contributed by atoms with Gasteiger partial charge < -0.3 is 14.4 Å². The summed E-state index contributed by atoms with van der Waals surface area (Å²) in [6.45, 7) is 13.2. The summed E-state index contributed by atoms with van der Waals surface area (Å²) in [5.74, 6) is 0.0387. The molecule has 0 saturated carbocycles. The van der Waals surface area contributed by atoms with Crippen LogP contribution in [-0.4, -0.2) is 53.6 Å². The van der Waals surface area contributed by atoms with E-state index < -0.39 is 17.6 Å².